The van der Waals surface area contributed by atoms with Gasteiger partial charge in [0.05, 0.1) is 17.2 Å². The van der Waals surface area contributed by atoms with Crippen molar-refractivity contribution < 1.29 is 17.6 Å². The fourth-order valence-corrected chi connectivity index (χ4v) is 2.33. The number of hydrogen-bond acceptors (Lipinski definition) is 3. The molecule has 3 nitrogen and oxygen atoms in total. The van der Waals surface area contributed by atoms with Crippen LogP contribution in [0.2, 0.25) is 0 Å². The van der Waals surface area contributed by atoms with Gasteiger partial charge >= 0.3 is 6.18 Å². The molecule has 0 atom stereocenters. The number of anilines is 1. The van der Waals surface area contributed by atoms with Crippen molar-refractivity contribution in [2.75, 3.05) is 11.9 Å². The van der Waals surface area contributed by atoms with Gasteiger partial charge in [0.1, 0.15) is 11.4 Å². The molecule has 0 N–H and O–H groups in total. The average Bonchev–Trinajstić information content (AvgIpc) is 2.95. The first-order valence-electron chi connectivity index (χ1n) is 6.64. The van der Waals surface area contributed by atoms with Gasteiger partial charge in [-0.25, -0.2) is 4.98 Å². The maximum atomic E-state index is 12.6. The van der Waals surface area contributed by atoms with Crippen molar-refractivity contribution in [3.05, 3.63) is 60.0 Å². The quantitative estimate of drug-likeness (QED) is 0.714. The lowest BCUT2D eigenvalue weighted by Gasteiger charge is -2.19. The third-order valence-electron chi connectivity index (χ3n) is 3.42. The fraction of sp³-hybridized carbons (Fsp3) is 0.188. The van der Waals surface area contributed by atoms with Crippen LogP contribution in [0.3, 0.4) is 0 Å². The summed E-state index contributed by atoms with van der Waals surface area (Å²) >= 11 is 0. The van der Waals surface area contributed by atoms with Crippen LogP contribution in [-0.2, 0) is 12.7 Å². The normalized spacial score (nSPS) is 11.8. The first kappa shape index (κ1) is 14.4. The number of fused-ring (bicyclic) bond motifs is 1. The lowest BCUT2D eigenvalue weighted by molar-refractivity contribution is -0.137. The van der Waals surface area contributed by atoms with Crippen molar-refractivity contribution in [3.8, 4) is 0 Å². The summed E-state index contributed by atoms with van der Waals surface area (Å²) in [4.78, 5) is 6.19. The molecular formula is C16H13F3N2O. The van der Waals surface area contributed by atoms with Crippen LogP contribution in [0.4, 0.5) is 19.0 Å². The van der Waals surface area contributed by atoms with Crippen molar-refractivity contribution in [2.24, 2.45) is 0 Å². The van der Waals surface area contributed by atoms with Crippen molar-refractivity contribution in [2.45, 2.75) is 12.7 Å². The summed E-state index contributed by atoms with van der Waals surface area (Å²) in [7, 11) is 1.84. The van der Waals surface area contributed by atoms with Crippen molar-refractivity contribution in [3.63, 3.8) is 0 Å². The summed E-state index contributed by atoms with van der Waals surface area (Å²) in [5, 5.41) is 0.872. The van der Waals surface area contributed by atoms with E-state index in [2.05, 4.69) is 4.98 Å². The number of benzene rings is 1. The Hall–Kier alpha value is -2.50. The van der Waals surface area contributed by atoms with Gasteiger partial charge in [0, 0.05) is 19.8 Å². The molecule has 0 saturated heterocycles. The van der Waals surface area contributed by atoms with Gasteiger partial charge in [0.25, 0.3) is 0 Å². The van der Waals surface area contributed by atoms with Crippen molar-refractivity contribution in [1.82, 2.24) is 4.98 Å². The van der Waals surface area contributed by atoms with E-state index in [1.165, 1.54) is 12.1 Å². The minimum Gasteiger partial charge on any atom is -0.464 e. The number of furan rings is 1. The zero-order valence-electron chi connectivity index (χ0n) is 11.8. The van der Waals surface area contributed by atoms with E-state index in [1.807, 2.05) is 18.0 Å². The van der Waals surface area contributed by atoms with Gasteiger partial charge in [0.15, 0.2) is 0 Å². The molecular weight excluding hydrogens is 293 g/mol. The van der Waals surface area contributed by atoms with E-state index in [4.69, 9.17) is 4.42 Å². The Morgan fingerprint density at radius 3 is 2.50 bits per heavy atom. The van der Waals surface area contributed by atoms with Crippen LogP contribution >= 0.6 is 0 Å². The maximum absolute atomic E-state index is 12.6. The largest absolute Gasteiger partial charge is 0.464 e. The second-order valence-corrected chi connectivity index (χ2v) is 5.02. The second kappa shape index (κ2) is 5.36. The van der Waals surface area contributed by atoms with Gasteiger partial charge in [-0.15, -0.1) is 0 Å². The highest BCUT2D eigenvalue weighted by Crippen LogP contribution is 2.30. The van der Waals surface area contributed by atoms with Crippen molar-refractivity contribution >= 4 is 16.8 Å². The standard InChI is InChI=1S/C16H13F3N2O/c1-21(15-13-7-9-22-14(13)6-8-20-15)10-11-2-4-12(5-3-11)16(17,18)19/h2-9H,10H2,1H3. The van der Waals surface area contributed by atoms with Gasteiger partial charge in [0.2, 0.25) is 0 Å². The minimum atomic E-state index is -4.31. The Kier molecular flexibility index (Phi) is 3.52. The molecule has 2 aromatic heterocycles. The van der Waals surface area contributed by atoms with Crippen molar-refractivity contribution in [1.29, 1.82) is 0 Å². The lowest BCUT2D eigenvalue weighted by atomic mass is 10.1. The molecule has 1 aromatic carbocycles. The summed E-state index contributed by atoms with van der Waals surface area (Å²) in [6.45, 7) is 0.454. The van der Waals surface area contributed by atoms with Crippen LogP contribution in [0, 0.1) is 0 Å². The van der Waals surface area contributed by atoms with Crippen LogP contribution in [-0.4, -0.2) is 12.0 Å². The average molecular weight is 306 g/mol. The van der Waals surface area contributed by atoms with E-state index in [9.17, 15) is 13.2 Å². The molecule has 0 saturated carbocycles. The Labute approximate surface area is 125 Å². The number of pyridine rings is 1. The number of halogens is 3. The highest BCUT2D eigenvalue weighted by molar-refractivity contribution is 5.88. The molecule has 0 bridgehead atoms. The van der Waals surface area contributed by atoms with E-state index in [-0.39, 0.29) is 0 Å². The molecule has 0 aliphatic rings. The van der Waals surface area contributed by atoms with Gasteiger partial charge in [-0.05, 0) is 29.8 Å². The number of hydrogen-bond donors (Lipinski definition) is 0. The molecule has 6 heteroatoms. The highest BCUT2D eigenvalue weighted by Gasteiger charge is 2.29. The van der Waals surface area contributed by atoms with Crippen LogP contribution in [0.15, 0.2) is 53.3 Å². The molecule has 0 radical (unpaired) electrons. The summed E-state index contributed by atoms with van der Waals surface area (Å²) < 4.78 is 43.0. The van der Waals surface area contributed by atoms with Gasteiger partial charge < -0.3 is 9.32 Å². The molecule has 3 rings (SSSR count). The van der Waals surface area contributed by atoms with E-state index < -0.39 is 11.7 Å². The van der Waals surface area contributed by atoms with Crippen LogP contribution in [0.25, 0.3) is 11.0 Å². The van der Waals surface area contributed by atoms with E-state index in [1.54, 1.807) is 18.5 Å². The van der Waals surface area contributed by atoms with Gasteiger partial charge in [-0.3, -0.25) is 0 Å². The summed E-state index contributed by atoms with van der Waals surface area (Å²) in [5.74, 6) is 0.728. The van der Waals surface area contributed by atoms with E-state index in [0.717, 1.165) is 34.5 Å². The number of aromatic nitrogens is 1. The zero-order chi connectivity index (χ0) is 15.7. The lowest BCUT2D eigenvalue weighted by Crippen LogP contribution is -2.18. The predicted molar refractivity (Wildman–Crippen MR) is 77.6 cm³/mol. The second-order valence-electron chi connectivity index (χ2n) is 5.02. The molecule has 0 aliphatic carbocycles. The van der Waals surface area contributed by atoms with Crippen LogP contribution in [0.1, 0.15) is 11.1 Å². The van der Waals surface area contributed by atoms with Gasteiger partial charge in [-0.1, -0.05) is 12.1 Å². The Balaban J connectivity index is 1.82. The molecule has 3 aromatic rings. The maximum Gasteiger partial charge on any atom is 0.416 e. The topological polar surface area (TPSA) is 29.3 Å². The minimum absolute atomic E-state index is 0.454. The molecule has 0 spiro atoms. The van der Waals surface area contributed by atoms with E-state index >= 15 is 0 Å². The summed E-state index contributed by atoms with van der Waals surface area (Å²) in [6, 6.07) is 8.74. The first-order chi connectivity index (χ1) is 10.4. The smallest absolute Gasteiger partial charge is 0.416 e. The Morgan fingerprint density at radius 1 is 1.09 bits per heavy atom. The third-order valence-corrected chi connectivity index (χ3v) is 3.42. The monoisotopic (exact) mass is 306 g/mol. The predicted octanol–water partition coefficient (Wildman–Crippen LogP) is 4.48. The van der Waals surface area contributed by atoms with E-state index in [0.29, 0.717) is 6.54 Å². The number of alkyl halides is 3. The molecule has 2 heterocycles. The molecule has 0 amide bonds. The third kappa shape index (κ3) is 2.77. The SMILES string of the molecule is CN(Cc1ccc(C(F)(F)F)cc1)c1nccc2occc12. The fourth-order valence-electron chi connectivity index (χ4n) is 2.33. The molecule has 22 heavy (non-hydrogen) atoms. The van der Waals surface area contributed by atoms with Crippen LogP contribution < -0.4 is 4.90 Å². The summed E-state index contributed by atoms with van der Waals surface area (Å²) in [5.41, 5.74) is 0.857. The summed E-state index contributed by atoms with van der Waals surface area (Å²) in [6.07, 6.45) is -1.08. The van der Waals surface area contributed by atoms with Gasteiger partial charge in [-0.2, -0.15) is 13.2 Å². The molecule has 0 unspecified atom stereocenters. The Bertz CT molecular complexity index is 778. The molecule has 0 aliphatic heterocycles. The first-order valence-corrected chi connectivity index (χ1v) is 6.64. The number of rotatable bonds is 3. The molecule has 114 valence electrons. The van der Waals surface area contributed by atoms with Crippen LogP contribution in [0.5, 0.6) is 0 Å². The molecule has 0 fully saturated rings. The highest BCUT2D eigenvalue weighted by atomic mass is 19.4. The zero-order valence-corrected chi connectivity index (χ0v) is 11.8. The number of nitrogens with zero attached hydrogens (tertiary/aromatic N) is 2. The Morgan fingerprint density at radius 2 is 1.82 bits per heavy atom.